The maximum atomic E-state index is 12.2. The van der Waals surface area contributed by atoms with Crippen molar-refractivity contribution in [2.45, 2.75) is 25.4 Å². The molecule has 1 aliphatic heterocycles. The van der Waals surface area contributed by atoms with E-state index in [0.717, 1.165) is 5.52 Å². The Labute approximate surface area is 140 Å². The smallest absolute Gasteiger partial charge is 0.364 e. The van der Waals surface area contributed by atoms with Crippen LogP contribution in [0.2, 0.25) is 0 Å². The number of fused-ring (bicyclic) bond motifs is 3. The van der Waals surface area contributed by atoms with E-state index in [0.29, 0.717) is 6.42 Å². The predicted octanol–water partition coefficient (Wildman–Crippen LogP) is 2.23. The van der Waals surface area contributed by atoms with E-state index in [1.807, 2.05) is 18.2 Å². The number of carbonyl (C=O) groups excluding carboxylic acids is 1. The van der Waals surface area contributed by atoms with Crippen molar-refractivity contribution in [1.29, 1.82) is 0 Å². The number of methoxy groups -OCH3 is 1. The molecule has 3 N–H and O–H groups in total. The van der Waals surface area contributed by atoms with Gasteiger partial charge in [-0.15, -0.1) is 0 Å². The van der Waals surface area contributed by atoms with Gasteiger partial charge in [0, 0.05) is 22.9 Å². The molecular weight excluding hydrogens is 300 g/mol. The van der Waals surface area contributed by atoms with Crippen LogP contribution in [-0.4, -0.2) is 24.1 Å². The lowest BCUT2D eigenvalue weighted by molar-refractivity contribution is -0.712. The second-order valence-electron chi connectivity index (χ2n) is 6.42. The zero-order valence-electron chi connectivity index (χ0n) is 13.9. The van der Waals surface area contributed by atoms with Gasteiger partial charge in [0.25, 0.3) is 0 Å². The third kappa shape index (κ3) is 2.31. The van der Waals surface area contributed by atoms with E-state index >= 15 is 0 Å². The standard InChI is InChI=1S/C20H20N2O2/c1-12-7-3-4-8-13(12)18-19-15(11-17(22-18)20(23)24-2)14-9-5-6-10-16(14)21-19/h3-10,17-18,21-22H,11H2,1-2H3/p+1/t17-,18-/m1/s1. The van der Waals surface area contributed by atoms with E-state index in [9.17, 15) is 4.79 Å². The largest absolute Gasteiger partial charge is 0.465 e. The Balaban J connectivity index is 1.90. The number of hydrogen-bond acceptors (Lipinski definition) is 2. The number of hydrogen-bond donors (Lipinski definition) is 2. The van der Waals surface area contributed by atoms with Crippen LogP contribution in [0.5, 0.6) is 0 Å². The average molecular weight is 321 g/mol. The molecule has 0 amide bonds. The van der Waals surface area contributed by atoms with Crippen LogP contribution in [0.25, 0.3) is 10.9 Å². The molecule has 24 heavy (non-hydrogen) atoms. The molecule has 3 aromatic rings. The first-order valence-corrected chi connectivity index (χ1v) is 8.27. The van der Waals surface area contributed by atoms with Gasteiger partial charge in [0.15, 0.2) is 12.1 Å². The van der Waals surface area contributed by atoms with Crippen molar-refractivity contribution in [2.75, 3.05) is 7.11 Å². The van der Waals surface area contributed by atoms with Crippen molar-refractivity contribution in [3.63, 3.8) is 0 Å². The molecule has 122 valence electrons. The van der Waals surface area contributed by atoms with Crippen molar-refractivity contribution in [3.8, 4) is 0 Å². The molecule has 2 atom stereocenters. The van der Waals surface area contributed by atoms with Crippen LogP contribution in [0.15, 0.2) is 48.5 Å². The molecule has 0 saturated carbocycles. The molecule has 0 unspecified atom stereocenters. The summed E-state index contributed by atoms with van der Waals surface area (Å²) in [4.78, 5) is 15.8. The normalized spacial score (nSPS) is 19.9. The summed E-state index contributed by atoms with van der Waals surface area (Å²) in [6.45, 7) is 2.12. The second-order valence-corrected chi connectivity index (χ2v) is 6.42. The fraction of sp³-hybridized carbons (Fsp3) is 0.250. The highest BCUT2D eigenvalue weighted by Crippen LogP contribution is 2.32. The molecule has 4 rings (SSSR count). The van der Waals surface area contributed by atoms with Crippen LogP contribution in [0, 0.1) is 6.92 Å². The quantitative estimate of drug-likeness (QED) is 0.711. The Morgan fingerprint density at radius 3 is 2.71 bits per heavy atom. The molecule has 0 fully saturated rings. The van der Waals surface area contributed by atoms with E-state index in [1.54, 1.807) is 0 Å². The van der Waals surface area contributed by atoms with Crippen molar-refractivity contribution in [3.05, 3.63) is 70.9 Å². The first-order chi connectivity index (χ1) is 11.7. The highest BCUT2D eigenvalue weighted by atomic mass is 16.5. The average Bonchev–Trinajstić information content (AvgIpc) is 2.99. The van der Waals surface area contributed by atoms with E-state index < -0.39 is 0 Å². The minimum atomic E-state index is -0.216. The van der Waals surface area contributed by atoms with Crippen LogP contribution in [0.4, 0.5) is 0 Å². The second kappa shape index (κ2) is 5.80. The third-order valence-electron chi connectivity index (χ3n) is 5.03. The molecule has 2 aromatic carbocycles. The number of ether oxygens (including phenoxy) is 1. The number of aryl methyl sites for hydroxylation is 1. The molecule has 0 bridgehead atoms. The lowest BCUT2D eigenvalue weighted by Crippen LogP contribution is -2.94. The molecule has 0 radical (unpaired) electrons. The predicted molar refractivity (Wildman–Crippen MR) is 92.8 cm³/mol. The fourth-order valence-corrected chi connectivity index (χ4v) is 3.83. The molecule has 4 nitrogen and oxygen atoms in total. The van der Waals surface area contributed by atoms with Gasteiger partial charge in [0.2, 0.25) is 0 Å². The Bertz CT molecular complexity index is 913. The van der Waals surface area contributed by atoms with Gasteiger partial charge in [-0.05, 0) is 24.1 Å². The Hall–Kier alpha value is -2.59. The van der Waals surface area contributed by atoms with Gasteiger partial charge in [0.05, 0.1) is 12.8 Å². The highest BCUT2D eigenvalue weighted by Gasteiger charge is 2.38. The summed E-state index contributed by atoms with van der Waals surface area (Å²) in [5.41, 5.74) is 6.02. The van der Waals surface area contributed by atoms with Gasteiger partial charge in [-0.3, -0.25) is 0 Å². The van der Waals surface area contributed by atoms with Crippen molar-refractivity contribution in [2.24, 2.45) is 0 Å². The zero-order valence-corrected chi connectivity index (χ0v) is 13.9. The number of nitrogens with two attached hydrogens (primary N) is 1. The summed E-state index contributed by atoms with van der Waals surface area (Å²) in [6.07, 6.45) is 0.689. The van der Waals surface area contributed by atoms with E-state index in [2.05, 4.69) is 47.6 Å². The fourth-order valence-electron chi connectivity index (χ4n) is 3.83. The summed E-state index contributed by atoms with van der Waals surface area (Å²) in [5, 5.41) is 3.33. The Morgan fingerprint density at radius 2 is 1.92 bits per heavy atom. The monoisotopic (exact) mass is 321 g/mol. The summed E-state index contributed by atoms with van der Waals surface area (Å²) in [7, 11) is 1.46. The molecule has 2 heterocycles. The van der Waals surface area contributed by atoms with Gasteiger partial charge in [-0.1, -0.05) is 42.5 Å². The van der Waals surface area contributed by atoms with Crippen molar-refractivity contribution in [1.82, 2.24) is 4.98 Å². The summed E-state index contributed by atoms with van der Waals surface area (Å²) < 4.78 is 5.03. The van der Waals surface area contributed by atoms with Crippen molar-refractivity contribution >= 4 is 16.9 Å². The number of carbonyl (C=O) groups is 1. The van der Waals surface area contributed by atoms with E-state index in [-0.39, 0.29) is 18.1 Å². The molecule has 1 aromatic heterocycles. The van der Waals surface area contributed by atoms with Gasteiger partial charge in [-0.25, -0.2) is 4.79 Å². The number of aromatic nitrogens is 1. The van der Waals surface area contributed by atoms with Gasteiger partial charge in [0.1, 0.15) is 0 Å². The van der Waals surface area contributed by atoms with Crippen LogP contribution < -0.4 is 5.32 Å². The lowest BCUT2D eigenvalue weighted by Gasteiger charge is -2.27. The topological polar surface area (TPSA) is 58.7 Å². The SMILES string of the molecule is COC(=O)[C@H]1Cc2c([nH]c3ccccc23)[C@@H](c2ccccc2C)[NH2+]1. The van der Waals surface area contributed by atoms with Gasteiger partial charge >= 0.3 is 5.97 Å². The summed E-state index contributed by atoms with van der Waals surface area (Å²) in [5.74, 6) is -0.162. The number of benzene rings is 2. The lowest BCUT2D eigenvalue weighted by atomic mass is 9.88. The van der Waals surface area contributed by atoms with Crippen LogP contribution >= 0.6 is 0 Å². The molecular formula is C20H21N2O2+. The first kappa shape index (κ1) is 15.0. The number of para-hydroxylation sites is 1. The number of nitrogens with one attached hydrogen (secondary N) is 1. The van der Waals surface area contributed by atoms with Gasteiger partial charge in [-0.2, -0.15) is 0 Å². The van der Waals surface area contributed by atoms with Crippen molar-refractivity contribution < 1.29 is 14.8 Å². The number of rotatable bonds is 2. The third-order valence-corrected chi connectivity index (χ3v) is 5.03. The maximum absolute atomic E-state index is 12.2. The van der Waals surface area contributed by atoms with Gasteiger partial charge < -0.3 is 15.0 Å². The number of quaternary nitrogens is 1. The maximum Gasteiger partial charge on any atom is 0.364 e. The molecule has 0 aliphatic carbocycles. The Kier molecular flexibility index (Phi) is 3.62. The van der Waals surface area contributed by atoms with Crippen LogP contribution in [0.1, 0.15) is 28.4 Å². The van der Waals surface area contributed by atoms with E-state index in [4.69, 9.17) is 4.74 Å². The Morgan fingerprint density at radius 1 is 1.17 bits per heavy atom. The summed E-state index contributed by atoms with van der Waals surface area (Å²) >= 11 is 0. The first-order valence-electron chi connectivity index (χ1n) is 8.27. The highest BCUT2D eigenvalue weighted by molar-refractivity contribution is 5.86. The van der Waals surface area contributed by atoms with E-state index in [1.165, 1.54) is 34.9 Å². The van der Waals surface area contributed by atoms with Crippen LogP contribution in [0.3, 0.4) is 0 Å². The summed E-state index contributed by atoms with van der Waals surface area (Å²) in [6, 6.07) is 16.5. The van der Waals surface area contributed by atoms with Crippen LogP contribution in [-0.2, 0) is 16.0 Å². The number of esters is 1. The molecule has 1 aliphatic rings. The molecule has 4 heteroatoms. The molecule has 0 saturated heterocycles. The molecule has 0 spiro atoms. The minimum absolute atomic E-state index is 0.0754. The zero-order chi connectivity index (χ0) is 16.7. The minimum Gasteiger partial charge on any atom is -0.465 e. The number of H-pyrrole nitrogens is 1. The number of aromatic amines is 1.